The molecule has 2 aliphatic rings. The lowest BCUT2D eigenvalue weighted by Crippen LogP contribution is -2.57. The summed E-state index contributed by atoms with van der Waals surface area (Å²) in [5, 5.41) is 5.71. The first-order valence-corrected chi connectivity index (χ1v) is 16.7. The first-order valence-electron chi connectivity index (χ1n) is 14.6. The number of hydrogen-bond donors (Lipinski definition) is 0. The van der Waals surface area contributed by atoms with Crippen LogP contribution in [0.1, 0.15) is 32.4 Å². The molecule has 4 aromatic rings. The lowest BCUT2D eigenvalue weighted by Gasteiger charge is -2.48. The Morgan fingerprint density at radius 3 is 2.49 bits per heavy atom. The van der Waals surface area contributed by atoms with Crippen LogP contribution in [0.5, 0.6) is 5.75 Å². The molecule has 0 radical (unpaired) electrons. The molecule has 6 heterocycles. The van der Waals surface area contributed by atoms with Gasteiger partial charge in [-0.2, -0.15) is 5.10 Å². The molecule has 11 nitrogen and oxygen atoms in total. The largest absolute Gasteiger partial charge is 0.496 e. The van der Waals surface area contributed by atoms with Crippen LogP contribution < -0.4 is 14.5 Å². The number of aryl methyl sites for hydroxylation is 1. The standard InChI is InChI=1S/C31H39N7O4S/c1-20-24-17-33-38(27(24)15-26(34-20)25-16-32-10-7-28(25)41-4)30-14-23(37-18-22(21(37)2)19-43(6,39)40)13-29(35-30)36-11-8-31(3,42-5)9-12-36/h7,10,13-17,21-22H,8-9,11-12,18-19H2,1-6H3/t21-,22-/m1/s1. The van der Waals surface area contributed by atoms with Gasteiger partial charge < -0.3 is 19.3 Å². The Hall–Kier alpha value is -3.77. The third kappa shape index (κ3) is 5.65. The lowest BCUT2D eigenvalue weighted by molar-refractivity contribution is -0.0133. The Labute approximate surface area is 252 Å². The van der Waals surface area contributed by atoms with Gasteiger partial charge in [-0.15, -0.1) is 0 Å². The molecular weight excluding hydrogens is 566 g/mol. The number of nitrogens with zero attached hydrogens (tertiary/aromatic N) is 7. The molecule has 0 spiro atoms. The van der Waals surface area contributed by atoms with Crippen LogP contribution in [-0.4, -0.2) is 90.7 Å². The molecule has 12 heteroatoms. The molecule has 2 aliphatic heterocycles. The summed E-state index contributed by atoms with van der Waals surface area (Å²) < 4.78 is 37.3. The van der Waals surface area contributed by atoms with Gasteiger partial charge in [0.25, 0.3) is 0 Å². The van der Waals surface area contributed by atoms with E-state index in [2.05, 4.69) is 34.7 Å². The summed E-state index contributed by atoms with van der Waals surface area (Å²) in [4.78, 5) is 18.8. The molecule has 2 fully saturated rings. The topological polar surface area (TPSA) is 116 Å². The van der Waals surface area contributed by atoms with E-state index in [0.717, 1.165) is 65.3 Å². The summed E-state index contributed by atoms with van der Waals surface area (Å²) >= 11 is 0. The fourth-order valence-electron chi connectivity index (χ4n) is 6.20. The van der Waals surface area contributed by atoms with Crippen LogP contribution in [0.25, 0.3) is 28.0 Å². The molecule has 0 N–H and O–H groups in total. The highest BCUT2D eigenvalue weighted by Gasteiger charge is 2.38. The number of fused-ring (bicyclic) bond motifs is 1. The first-order chi connectivity index (χ1) is 20.5. The molecule has 0 amide bonds. The summed E-state index contributed by atoms with van der Waals surface area (Å²) in [6, 6.07) is 8.08. The Morgan fingerprint density at radius 1 is 1.07 bits per heavy atom. The van der Waals surface area contributed by atoms with E-state index in [1.54, 1.807) is 26.6 Å². The van der Waals surface area contributed by atoms with Crippen LogP contribution in [0.4, 0.5) is 11.5 Å². The number of methoxy groups -OCH3 is 2. The van der Waals surface area contributed by atoms with Gasteiger partial charge in [0, 0.05) is 86.3 Å². The summed E-state index contributed by atoms with van der Waals surface area (Å²) in [5.74, 6) is 2.53. The number of rotatable bonds is 8. The van der Waals surface area contributed by atoms with Gasteiger partial charge in [-0.25, -0.2) is 18.1 Å². The van der Waals surface area contributed by atoms with Crippen LogP contribution >= 0.6 is 0 Å². The molecule has 2 saturated heterocycles. The molecule has 43 heavy (non-hydrogen) atoms. The highest BCUT2D eigenvalue weighted by molar-refractivity contribution is 7.90. The third-order valence-electron chi connectivity index (χ3n) is 9.13. The zero-order valence-electron chi connectivity index (χ0n) is 25.6. The maximum Gasteiger partial charge on any atom is 0.158 e. The average molecular weight is 606 g/mol. The monoisotopic (exact) mass is 605 g/mol. The Kier molecular flexibility index (Phi) is 7.54. The maximum atomic E-state index is 12.0. The second-order valence-electron chi connectivity index (χ2n) is 12.1. The van der Waals surface area contributed by atoms with Crippen molar-refractivity contribution >= 4 is 32.2 Å². The van der Waals surface area contributed by atoms with Crippen molar-refractivity contribution in [2.45, 2.75) is 45.3 Å². The number of hydrogen-bond acceptors (Lipinski definition) is 10. The summed E-state index contributed by atoms with van der Waals surface area (Å²) in [5.41, 5.74) is 4.11. The van der Waals surface area contributed by atoms with E-state index in [9.17, 15) is 8.42 Å². The smallest absolute Gasteiger partial charge is 0.158 e. The van der Waals surface area contributed by atoms with E-state index in [1.165, 1.54) is 6.26 Å². The molecule has 0 saturated carbocycles. The van der Waals surface area contributed by atoms with E-state index >= 15 is 0 Å². The molecule has 0 unspecified atom stereocenters. The maximum absolute atomic E-state index is 12.0. The molecule has 4 aromatic heterocycles. The van der Waals surface area contributed by atoms with Crippen molar-refractivity contribution in [1.82, 2.24) is 24.7 Å². The molecule has 228 valence electrons. The van der Waals surface area contributed by atoms with E-state index < -0.39 is 9.84 Å². The fraction of sp³-hybridized carbons (Fsp3) is 0.484. The van der Waals surface area contributed by atoms with Gasteiger partial charge in [0.15, 0.2) is 5.82 Å². The zero-order valence-corrected chi connectivity index (χ0v) is 26.4. The average Bonchev–Trinajstić information content (AvgIpc) is 3.43. The van der Waals surface area contributed by atoms with Crippen LogP contribution in [0.15, 0.2) is 42.9 Å². The normalized spacial score (nSPS) is 20.3. The SMILES string of the molecule is COc1ccncc1-c1cc2c(cnn2-c2cc(N3C[C@H](CS(C)(=O)=O)[C@H]3C)cc(N3CCC(C)(OC)CC3)n2)c(C)n1. The highest BCUT2D eigenvalue weighted by atomic mass is 32.2. The van der Waals surface area contributed by atoms with Crippen LogP contribution in [0, 0.1) is 12.8 Å². The van der Waals surface area contributed by atoms with Gasteiger partial charge in [-0.1, -0.05) is 0 Å². The second-order valence-corrected chi connectivity index (χ2v) is 14.3. The van der Waals surface area contributed by atoms with Crippen LogP contribution in [0.3, 0.4) is 0 Å². The van der Waals surface area contributed by atoms with E-state index in [4.69, 9.17) is 24.5 Å². The predicted octanol–water partition coefficient (Wildman–Crippen LogP) is 4.07. The van der Waals surface area contributed by atoms with Gasteiger partial charge in [0.1, 0.15) is 21.4 Å². The molecule has 0 aliphatic carbocycles. The number of piperidine rings is 1. The quantitative estimate of drug-likeness (QED) is 0.291. The van der Waals surface area contributed by atoms with Gasteiger partial charge in [0.05, 0.1) is 41.4 Å². The highest BCUT2D eigenvalue weighted by Crippen LogP contribution is 2.37. The van der Waals surface area contributed by atoms with Gasteiger partial charge >= 0.3 is 0 Å². The Balaban J connectivity index is 1.43. The molecule has 2 atom stereocenters. The summed E-state index contributed by atoms with van der Waals surface area (Å²) in [6.45, 7) is 8.54. The number of anilines is 2. The fourth-order valence-corrected chi connectivity index (χ4v) is 7.36. The minimum atomic E-state index is -3.06. The van der Waals surface area contributed by atoms with Crippen molar-refractivity contribution in [3.8, 4) is 22.8 Å². The van der Waals surface area contributed by atoms with E-state index in [-0.39, 0.29) is 23.3 Å². The van der Waals surface area contributed by atoms with Gasteiger partial charge in [-0.05, 0) is 45.7 Å². The molecule has 6 rings (SSSR count). The predicted molar refractivity (Wildman–Crippen MR) is 168 cm³/mol. The minimum Gasteiger partial charge on any atom is -0.496 e. The van der Waals surface area contributed by atoms with E-state index in [1.807, 2.05) is 36.0 Å². The zero-order chi connectivity index (χ0) is 30.5. The van der Waals surface area contributed by atoms with Crippen molar-refractivity contribution < 1.29 is 17.9 Å². The first kappa shape index (κ1) is 29.3. The van der Waals surface area contributed by atoms with Crippen molar-refractivity contribution in [3.63, 3.8) is 0 Å². The van der Waals surface area contributed by atoms with Crippen molar-refractivity contribution in [2.75, 3.05) is 55.7 Å². The van der Waals surface area contributed by atoms with Crippen molar-refractivity contribution in [1.29, 1.82) is 0 Å². The lowest BCUT2D eigenvalue weighted by atomic mass is 9.91. The van der Waals surface area contributed by atoms with Crippen molar-refractivity contribution in [3.05, 3.63) is 48.5 Å². The van der Waals surface area contributed by atoms with Gasteiger partial charge in [0.2, 0.25) is 0 Å². The Morgan fingerprint density at radius 2 is 1.81 bits per heavy atom. The third-order valence-corrected chi connectivity index (χ3v) is 10.2. The number of ether oxygens (including phenoxy) is 2. The van der Waals surface area contributed by atoms with Crippen LogP contribution in [0.2, 0.25) is 0 Å². The summed E-state index contributed by atoms with van der Waals surface area (Å²) in [6.07, 6.45) is 8.38. The second kappa shape index (κ2) is 11.1. The van der Waals surface area contributed by atoms with Gasteiger partial charge in [-0.3, -0.25) is 9.97 Å². The minimum absolute atomic E-state index is 0.0846. The summed E-state index contributed by atoms with van der Waals surface area (Å²) in [7, 11) is 0.357. The number of sulfone groups is 1. The number of aromatic nitrogens is 5. The number of pyridine rings is 3. The molecule has 0 bridgehead atoms. The van der Waals surface area contributed by atoms with Crippen molar-refractivity contribution in [2.24, 2.45) is 5.92 Å². The molecular formula is C31H39N7O4S. The van der Waals surface area contributed by atoms with Crippen LogP contribution in [-0.2, 0) is 14.6 Å². The Bertz CT molecular complexity index is 1770. The van der Waals surface area contributed by atoms with E-state index in [0.29, 0.717) is 18.1 Å². The molecule has 0 aromatic carbocycles.